The molecule has 0 atom stereocenters. The predicted octanol–water partition coefficient (Wildman–Crippen LogP) is 0.880. The van der Waals surface area contributed by atoms with E-state index >= 15 is 0 Å². The second kappa shape index (κ2) is 7.16. The molecule has 8 nitrogen and oxygen atoms in total. The Labute approximate surface area is 134 Å². The Bertz CT molecular complexity index is 696. The van der Waals surface area contributed by atoms with Gasteiger partial charge in [-0.05, 0) is 13.0 Å². The number of nitro benzene ring substituents is 1. The van der Waals surface area contributed by atoms with Gasteiger partial charge in [-0.1, -0.05) is 6.07 Å². The largest absolute Gasteiger partial charge is 0.300 e. The first-order valence-electron chi connectivity index (χ1n) is 7.27. The van der Waals surface area contributed by atoms with E-state index in [1.807, 2.05) is 4.90 Å². The number of carbonyl (C=O) groups excluding carboxylic acids is 1. The molecule has 0 amide bonds. The summed E-state index contributed by atoms with van der Waals surface area (Å²) in [6, 6.07) is 5.08. The Balaban J connectivity index is 2.06. The minimum Gasteiger partial charge on any atom is -0.300 e. The zero-order valence-corrected chi connectivity index (χ0v) is 13.7. The minimum atomic E-state index is -3.74. The fraction of sp³-hybridized carbons (Fsp3) is 0.500. The van der Waals surface area contributed by atoms with Crippen LogP contribution in [0, 0.1) is 10.1 Å². The average Bonchev–Trinajstić information content (AvgIpc) is 2.53. The van der Waals surface area contributed by atoms with Crippen molar-refractivity contribution < 1.29 is 18.1 Å². The van der Waals surface area contributed by atoms with Gasteiger partial charge in [-0.2, -0.15) is 4.31 Å². The standard InChI is InChI=1S/C14H19N3O5S/c1-12(18)5-6-15-7-9-16(10-8-15)23(21,22)14-4-2-3-13(11-14)17(19)20/h2-4,11H,5-10H2,1H3. The molecule has 9 heteroatoms. The van der Waals surface area contributed by atoms with Crippen LogP contribution in [-0.4, -0.2) is 61.1 Å². The molecule has 0 radical (unpaired) electrons. The number of nitro groups is 1. The molecule has 0 spiro atoms. The molecule has 1 aromatic carbocycles. The Morgan fingerprint density at radius 2 is 1.91 bits per heavy atom. The highest BCUT2D eigenvalue weighted by Gasteiger charge is 2.29. The maximum Gasteiger partial charge on any atom is 0.270 e. The van der Waals surface area contributed by atoms with Gasteiger partial charge < -0.3 is 4.90 Å². The van der Waals surface area contributed by atoms with Crippen LogP contribution in [0.4, 0.5) is 5.69 Å². The summed E-state index contributed by atoms with van der Waals surface area (Å²) in [5.41, 5.74) is -0.244. The molecule has 1 aliphatic heterocycles. The number of non-ortho nitro benzene ring substituents is 1. The van der Waals surface area contributed by atoms with Crippen molar-refractivity contribution in [3.8, 4) is 0 Å². The third-order valence-electron chi connectivity index (χ3n) is 3.78. The Morgan fingerprint density at radius 3 is 2.48 bits per heavy atom. The van der Waals surface area contributed by atoms with Crippen LogP contribution in [0.15, 0.2) is 29.2 Å². The van der Waals surface area contributed by atoms with Crippen molar-refractivity contribution in [3.05, 3.63) is 34.4 Å². The zero-order valence-electron chi connectivity index (χ0n) is 12.8. The minimum absolute atomic E-state index is 0.0658. The maximum absolute atomic E-state index is 12.6. The van der Waals surface area contributed by atoms with E-state index in [1.54, 1.807) is 0 Å². The lowest BCUT2D eigenvalue weighted by atomic mass is 10.2. The van der Waals surface area contributed by atoms with E-state index in [9.17, 15) is 23.3 Å². The van der Waals surface area contributed by atoms with Crippen LogP contribution in [0.2, 0.25) is 0 Å². The van der Waals surface area contributed by atoms with E-state index in [0.717, 1.165) is 6.07 Å². The Kier molecular flexibility index (Phi) is 5.45. The van der Waals surface area contributed by atoms with Crippen molar-refractivity contribution in [3.63, 3.8) is 0 Å². The molecule has 0 unspecified atom stereocenters. The number of Topliss-reactive ketones (excluding diaryl/α,β-unsaturated/α-hetero) is 1. The topological polar surface area (TPSA) is 101 Å². The normalized spacial score (nSPS) is 17.1. The number of benzene rings is 1. The lowest BCUT2D eigenvalue weighted by molar-refractivity contribution is -0.385. The van der Waals surface area contributed by atoms with E-state index < -0.39 is 14.9 Å². The van der Waals surface area contributed by atoms with Crippen molar-refractivity contribution >= 4 is 21.5 Å². The lowest BCUT2D eigenvalue weighted by Crippen LogP contribution is -2.48. The fourth-order valence-electron chi connectivity index (χ4n) is 2.42. The van der Waals surface area contributed by atoms with Crippen LogP contribution in [0.25, 0.3) is 0 Å². The van der Waals surface area contributed by atoms with Crippen molar-refractivity contribution in [1.29, 1.82) is 0 Å². The number of sulfonamides is 1. The summed E-state index contributed by atoms with van der Waals surface area (Å²) in [5, 5.41) is 10.8. The zero-order chi connectivity index (χ0) is 17.0. The SMILES string of the molecule is CC(=O)CCN1CCN(S(=O)(=O)c2cccc([N+](=O)[O-])c2)CC1. The van der Waals surface area contributed by atoms with E-state index in [4.69, 9.17) is 0 Å². The molecule has 2 rings (SSSR count). The first-order chi connectivity index (χ1) is 10.8. The molecule has 1 saturated heterocycles. The summed E-state index contributed by atoms with van der Waals surface area (Å²) < 4.78 is 26.5. The number of rotatable bonds is 6. The third-order valence-corrected chi connectivity index (χ3v) is 5.67. The molecule has 1 fully saturated rings. The molecule has 1 aliphatic rings. The highest BCUT2D eigenvalue weighted by atomic mass is 32.2. The summed E-state index contributed by atoms with van der Waals surface area (Å²) >= 11 is 0. The quantitative estimate of drug-likeness (QED) is 0.562. The molecule has 0 aromatic heterocycles. The Hall–Kier alpha value is -1.84. The first-order valence-corrected chi connectivity index (χ1v) is 8.71. The third kappa shape index (κ3) is 4.34. The highest BCUT2D eigenvalue weighted by Crippen LogP contribution is 2.22. The first kappa shape index (κ1) is 17.5. The second-order valence-corrected chi connectivity index (χ2v) is 7.39. The maximum atomic E-state index is 12.6. The van der Waals surface area contributed by atoms with Gasteiger partial charge in [-0.25, -0.2) is 8.42 Å². The van der Waals surface area contributed by atoms with Crippen LogP contribution in [0.3, 0.4) is 0 Å². The van der Waals surface area contributed by atoms with E-state index in [1.165, 1.54) is 29.4 Å². The molecule has 1 heterocycles. The van der Waals surface area contributed by atoms with Gasteiger partial charge in [0.25, 0.3) is 5.69 Å². The van der Waals surface area contributed by atoms with Crippen LogP contribution in [0.1, 0.15) is 13.3 Å². The van der Waals surface area contributed by atoms with Crippen molar-refractivity contribution in [2.45, 2.75) is 18.2 Å². The van der Waals surface area contributed by atoms with Gasteiger partial charge in [0.2, 0.25) is 10.0 Å². The molecule has 0 aliphatic carbocycles. The molecular weight excluding hydrogens is 322 g/mol. The summed E-state index contributed by atoms with van der Waals surface area (Å²) in [7, 11) is -3.74. The molecule has 0 bridgehead atoms. The van der Waals surface area contributed by atoms with Gasteiger partial charge in [0.1, 0.15) is 5.78 Å². The van der Waals surface area contributed by atoms with Gasteiger partial charge in [0, 0.05) is 51.3 Å². The summed E-state index contributed by atoms with van der Waals surface area (Å²) in [5.74, 6) is 0.108. The number of hydrogen-bond acceptors (Lipinski definition) is 6. The van der Waals surface area contributed by atoms with E-state index in [0.29, 0.717) is 39.1 Å². The van der Waals surface area contributed by atoms with Gasteiger partial charge in [-0.3, -0.25) is 14.9 Å². The predicted molar refractivity (Wildman–Crippen MR) is 83.6 cm³/mol. The number of carbonyl (C=O) groups is 1. The van der Waals surface area contributed by atoms with E-state index in [-0.39, 0.29) is 16.4 Å². The number of hydrogen-bond donors (Lipinski definition) is 0. The molecule has 126 valence electrons. The molecule has 1 aromatic rings. The van der Waals surface area contributed by atoms with Crippen LogP contribution < -0.4 is 0 Å². The fourth-order valence-corrected chi connectivity index (χ4v) is 3.88. The van der Waals surface area contributed by atoms with Crippen molar-refractivity contribution in [1.82, 2.24) is 9.21 Å². The molecule has 0 N–H and O–H groups in total. The molecule has 0 saturated carbocycles. The van der Waals surface area contributed by atoms with Crippen molar-refractivity contribution in [2.24, 2.45) is 0 Å². The summed E-state index contributed by atoms with van der Waals surface area (Å²) in [6.07, 6.45) is 0.456. The molecule has 23 heavy (non-hydrogen) atoms. The highest BCUT2D eigenvalue weighted by molar-refractivity contribution is 7.89. The van der Waals surface area contributed by atoms with Crippen LogP contribution in [-0.2, 0) is 14.8 Å². The smallest absolute Gasteiger partial charge is 0.270 e. The number of piperazine rings is 1. The monoisotopic (exact) mass is 341 g/mol. The summed E-state index contributed by atoms with van der Waals surface area (Å²) in [4.78, 5) is 23.1. The van der Waals surface area contributed by atoms with Gasteiger partial charge >= 0.3 is 0 Å². The van der Waals surface area contributed by atoms with Crippen LogP contribution >= 0.6 is 0 Å². The van der Waals surface area contributed by atoms with Gasteiger partial charge in [-0.15, -0.1) is 0 Å². The Morgan fingerprint density at radius 1 is 1.26 bits per heavy atom. The summed E-state index contributed by atoms with van der Waals surface area (Å²) in [6.45, 7) is 3.86. The average molecular weight is 341 g/mol. The van der Waals surface area contributed by atoms with Crippen molar-refractivity contribution in [2.75, 3.05) is 32.7 Å². The lowest BCUT2D eigenvalue weighted by Gasteiger charge is -2.33. The second-order valence-electron chi connectivity index (χ2n) is 5.45. The number of ketones is 1. The van der Waals surface area contributed by atoms with Crippen LogP contribution in [0.5, 0.6) is 0 Å². The van der Waals surface area contributed by atoms with Gasteiger partial charge in [0.05, 0.1) is 9.82 Å². The number of nitrogens with zero attached hydrogens (tertiary/aromatic N) is 3. The molecular formula is C14H19N3O5S. The van der Waals surface area contributed by atoms with Gasteiger partial charge in [0.15, 0.2) is 0 Å². The van der Waals surface area contributed by atoms with E-state index in [2.05, 4.69) is 0 Å².